The van der Waals surface area contributed by atoms with Crippen LogP contribution in [0.4, 0.5) is 26.3 Å². The fourth-order valence-electron chi connectivity index (χ4n) is 4.21. The van der Waals surface area contributed by atoms with Gasteiger partial charge in [-0.3, -0.25) is 0 Å². The van der Waals surface area contributed by atoms with Crippen LogP contribution in [-0.4, -0.2) is 24.3 Å². The van der Waals surface area contributed by atoms with Gasteiger partial charge in [0.15, 0.2) is 0 Å². The van der Waals surface area contributed by atoms with E-state index in [2.05, 4.69) is 213 Å². The summed E-state index contributed by atoms with van der Waals surface area (Å²) in [6.07, 6.45) is -10.4. The molecule has 0 amide bonds. The van der Waals surface area contributed by atoms with Crippen molar-refractivity contribution in [1.82, 2.24) is 0 Å². The molecule has 0 aliphatic heterocycles. The van der Waals surface area contributed by atoms with Crippen LogP contribution in [0.3, 0.4) is 0 Å². The molecule has 0 aliphatic rings. The number of carbonyl (C=O) groups excluding carboxylic acids is 2. The zero-order chi connectivity index (χ0) is 42.0. The summed E-state index contributed by atoms with van der Waals surface area (Å²) >= 11 is 4.44. The zero-order valence-electron chi connectivity index (χ0n) is 28.3. The molecule has 6 aromatic rings. The first-order valence-electron chi connectivity index (χ1n) is 15.3. The van der Waals surface area contributed by atoms with Crippen LogP contribution in [0.5, 0.6) is 0 Å². The largest absolute Gasteiger partial charge is 0.176 e. The number of alkyl halides is 6. The average molecular weight is 1030 g/mol. The van der Waals surface area contributed by atoms with E-state index < -0.39 is 40.1 Å². The van der Waals surface area contributed by atoms with E-state index in [0.717, 1.165) is 0 Å². The minimum atomic E-state index is -5.19. The summed E-state index contributed by atoms with van der Waals surface area (Å²) in [5, 5.41) is 25.6. The van der Waals surface area contributed by atoms with Crippen LogP contribution in [0.2, 0.25) is 0 Å². The third-order valence-electron chi connectivity index (χ3n) is 6.39. The molecule has 0 aromatic heterocycles. The molecule has 6 aromatic carbocycles. The Kier molecular flexibility index (Phi) is 25.4. The summed E-state index contributed by atoms with van der Waals surface area (Å²) in [7, 11) is 7.97. The van der Waals surface area contributed by atoms with E-state index in [9.17, 15) is 26.3 Å². The molecule has 6 rings (SSSR count). The molecule has 300 valence electrons. The van der Waals surface area contributed by atoms with Crippen LogP contribution < -0.4 is 42.0 Å². The van der Waals surface area contributed by atoms with Gasteiger partial charge in [0, 0.05) is 0 Å². The Bertz CT molecular complexity index is 1590. The number of halogens is 8. The predicted octanol–water partition coefficient (Wildman–Crippen LogP) is 6.46. The van der Waals surface area contributed by atoms with Crippen LogP contribution in [0.15, 0.2) is 170 Å². The summed E-state index contributed by atoms with van der Waals surface area (Å²) in [6.45, 7) is 0. The molecule has 4 nitrogen and oxygen atoms in total. The Morgan fingerprint density at radius 1 is 0.429 bits per heavy atom. The molecule has 0 N–H and O–H groups in total. The first-order chi connectivity index (χ1) is 26.8. The number of hydrogen-bond donors (Lipinski definition) is 0. The van der Waals surface area contributed by atoms with E-state index in [-0.39, 0.29) is 0 Å². The topological polar surface area (TPSA) is 80.3 Å². The van der Waals surface area contributed by atoms with Crippen molar-refractivity contribution >= 4 is 78.7 Å². The Morgan fingerprint density at radius 2 is 0.625 bits per heavy atom. The van der Waals surface area contributed by atoms with Crippen LogP contribution in [-0.2, 0) is 46.0 Å². The third kappa shape index (κ3) is 19.2. The zero-order valence-corrected chi connectivity index (χ0v) is 34.8. The maximum absolute atomic E-state index is 10.5. The second-order valence-corrected chi connectivity index (χ2v) is 14.4. The van der Waals surface area contributed by atoms with Crippen molar-refractivity contribution < 1.29 is 82.5 Å². The average Bonchev–Trinajstić information content (AvgIpc) is 3.22. The molecule has 0 radical (unpaired) electrons. The van der Waals surface area contributed by atoms with Crippen molar-refractivity contribution in [2.24, 2.45) is 0 Å². The van der Waals surface area contributed by atoms with Crippen molar-refractivity contribution in [2.75, 3.05) is 0 Å². The van der Waals surface area contributed by atoms with Crippen LogP contribution in [0.25, 0.3) is 0 Å². The molecular weight excluding hydrogens is 1000 g/mol. The van der Waals surface area contributed by atoms with Crippen molar-refractivity contribution in [3.8, 4) is 0 Å². The van der Waals surface area contributed by atoms with Crippen molar-refractivity contribution in [1.29, 1.82) is 0 Å². The Balaban J connectivity index is 0.000000397. The van der Waals surface area contributed by atoms with Gasteiger partial charge in [-0.25, -0.2) is 0 Å². The van der Waals surface area contributed by atoms with Gasteiger partial charge in [-0.15, -0.1) is 10.6 Å². The fourth-order valence-corrected chi connectivity index (χ4v) is 8.68. The Morgan fingerprint density at radius 3 is 0.786 bits per heavy atom. The molecule has 0 saturated carbocycles. The van der Waals surface area contributed by atoms with Crippen molar-refractivity contribution in [2.45, 2.75) is 12.4 Å². The number of benzene rings is 6. The number of hydrogen-bond acceptors (Lipinski definition) is 4. The quantitative estimate of drug-likeness (QED) is 0.0832. The molecule has 0 fully saturated rings. The maximum Gasteiger partial charge on any atom is -0.0171 e. The van der Waals surface area contributed by atoms with Crippen molar-refractivity contribution in [3.05, 3.63) is 182 Å². The summed E-state index contributed by atoms with van der Waals surface area (Å²) in [6, 6.07) is 66.1. The second kappa shape index (κ2) is 28.1. The van der Waals surface area contributed by atoms with E-state index in [1.807, 2.05) is 24.3 Å². The van der Waals surface area contributed by atoms with Crippen LogP contribution >= 0.6 is 34.9 Å². The van der Waals surface area contributed by atoms with Gasteiger partial charge in [-0.05, 0) is 37.1 Å². The molecule has 56 heavy (non-hydrogen) atoms. The minimum Gasteiger partial charge on any atom is -0.176 e. The minimum absolute atomic E-state index is 0.502. The standard InChI is InChI=1S/2C18H14P.2C2HF3O2.2ClH.2Pd/c2*1-4-10-16(11-5-1)19(17-12-6-2-7-13-17)18-14-8-3-9-15-18;2*3-2(4,5)1(6)7;;;;/h2*1-14H;2*(H,6,7);2*1H;;/q2*-1;;;;;2*+2/p-4. The molecule has 0 bridgehead atoms. The first kappa shape index (κ1) is 50.6. The van der Waals surface area contributed by atoms with E-state index in [0.29, 0.717) is 0 Å². The summed E-state index contributed by atoms with van der Waals surface area (Å²) < 4.78 is 63.1. The Hall–Kier alpha value is -3.40. The molecular formula is C40H28Cl2F6O4P2Pd2-2. The van der Waals surface area contributed by atoms with Crippen LogP contribution in [0.1, 0.15) is 0 Å². The van der Waals surface area contributed by atoms with E-state index in [1.54, 1.807) is 0 Å². The number of aliphatic carboxylic acids is 2. The van der Waals surface area contributed by atoms with Gasteiger partial charge in [-0.2, -0.15) is 87.0 Å². The number of carboxylic acid groups (broad SMARTS) is 2. The molecule has 0 spiro atoms. The first-order valence-corrected chi connectivity index (χ1v) is 22.0. The molecule has 0 heterocycles. The van der Waals surface area contributed by atoms with Gasteiger partial charge in [-0.1, -0.05) is 121 Å². The van der Waals surface area contributed by atoms with E-state index in [4.69, 9.17) is 19.8 Å². The fraction of sp³-hybridized carbons (Fsp3) is 0.0500. The second-order valence-electron chi connectivity index (χ2n) is 10.1. The SMILES string of the molecule is O=C([O-])C(F)(F)F.O=C([O-])C(F)(F)F.[Cl][Pd+].[Cl][Pd+].[c-]1ccccc1P(c1ccccc1)c1ccccc1.[c-]1ccccc1P(c1ccccc1)c1ccccc1. The normalized spacial score (nSPS) is 10.2. The molecule has 0 saturated heterocycles. The number of carbonyl (C=O) groups is 2. The monoisotopic (exact) mass is 1030 g/mol. The van der Waals surface area contributed by atoms with Gasteiger partial charge in [0.05, 0.1) is 0 Å². The molecule has 0 atom stereocenters. The van der Waals surface area contributed by atoms with Gasteiger partial charge in [0.2, 0.25) is 0 Å². The predicted molar refractivity (Wildman–Crippen MR) is 202 cm³/mol. The maximum atomic E-state index is 10.5. The number of rotatable bonds is 6. The number of carboxylic acids is 2. The van der Waals surface area contributed by atoms with Gasteiger partial charge in [0.1, 0.15) is 11.9 Å². The smallest absolute Gasteiger partial charge is 0.0171 e. The summed E-state index contributed by atoms with van der Waals surface area (Å²) in [5.74, 6) is -6.01. The molecule has 0 aliphatic carbocycles. The third-order valence-corrected chi connectivity index (χ3v) is 11.2. The Labute approximate surface area is 353 Å². The van der Waals surface area contributed by atoms with Gasteiger partial charge >= 0.3 is 67.8 Å². The van der Waals surface area contributed by atoms with E-state index >= 15 is 0 Å². The molecule has 16 heteroatoms. The summed E-state index contributed by atoms with van der Waals surface area (Å²) in [5.41, 5.74) is 0. The van der Waals surface area contributed by atoms with E-state index in [1.165, 1.54) is 31.8 Å². The molecule has 0 unspecified atom stereocenters. The van der Waals surface area contributed by atoms with Gasteiger partial charge in [0.25, 0.3) is 0 Å². The van der Waals surface area contributed by atoms with Gasteiger partial charge < -0.3 is 19.8 Å². The van der Waals surface area contributed by atoms with Crippen molar-refractivity contribution in [3.63, 3.8) is 0 Å². The summed E-state index contributed by atoms with van der Waals surface area (Å²) in [4.78, 5) is 17.6. The van der Waals surface area contributed by atoms with Crippen LogP contribution in [0, 0.1) is 12.1 Å².